The van der Waals surface area contributed by atoms with Crippen LogP contribution in [0.3, 0.4) is 0 Å². The predicted molar refractivity (Wildman–Crippen MR) is 57.8 cm³/mol. The van der Waals surface area contributed by atoms with E-state index in [0.29, 0.717) is 11.3 Å². The first-order valence-electron chi connectivity index (χ1n) is 4.73. The third-order valence-corrected chi connectivity index (χ3v) is 1.95. The fourth-order valence-electron chi connectivity index (χ4n) is 1.09. The van der Waals surface area contributed by atoms with Gasteiger partial charge >= 0.3 is 11.9 Å². The Bertz CT molecular complexity index is 389. The summed E-state index contributed by atoms with van der Waals surface area (Å²) in [5, 5.41) is 0. The summed E-state index contributed by atoms with van der Waals surface area (Å²) in [7, 11) is 1.28. The van der Waals surface area contributed by atoms with Crippen molar-refractivity contribution in [2.75, 3.05) is 19.5 Å². The molecule has 0 saturated carbocycles. The molecule has 1 aromatic rings. The quantitative estimate of drug-likeness (QED) is 0.608. The number of para-hydroxylation sites is 1. The van der Waals surface area contributed by atoms with Crippen LogP contribution in [0.1, 0.15) is 16.8 Å². The molecule has 0 unspecified atom stereocenters. The number of hydrogen-bond donors (Lipinski definition) is 1. The van der Waals surface area contributed by atoms with Crippen molar-refractivity contribution in [1.29, 1.82) is 0 Å². The number of hydrogen-bond acceptors (Lipinski definition) is 5. The van der Waals surface area contributed by atoms with Crippen LogP contribution in [-0.4, -0.2) is 25.7 Å². The third-order valence-electron chi connectivity index (χ3n) is 1.95. The topological polar surface area (TPSA) is 78.6 Å². The number of methoxy groups -OCH3 is 1. The molecule has 0 heterocycles. The highest BCUT2D eigenvalue weighted by Crippen LogP contribution is 2.11. The lowest BCUT2D eigenvalue weighted by Gasteiger charge is -2.05. The molecule has 2 N–H and O–H groups in total. The predicted octanol–water partition coefficient (Wildman–Crippen LogP) is 0.989. The van der Waals surface area contributed by atoms with E-state index in [1.54, 1.807) is 24.3 Å². The second kappa shape index (κ2) is 5.75. The van der Waals surface area contributed by atoms with Crippen molar-refractivity contribution in [1.82, 2.24) is 0 Å². The van der Waals surface area contributed by atoms with E-state index in [1.165, 1.54) is 7.11 Å². The molecule has 0 radical (unpaired) electrons. The highest BCUT2D eigenvalue weighted by molar-refractivity contribution is 5.95. The van der Waals surface area contributed by atoms with Crippen molar-refractivity contribution in [3.05, 3.63) is 29.8 Å². The van der Waals surface area contributed by atoms with Crippen LogP contribution in [0.25, 0.3) is 0 Å². The zero-order valence-corrected chi connectivity index (χ0v) is 8.93. The van der Waals surface area contributed by atoms with Gasteiger partial charge in [0, 0.05) is 5.69 Å². The Kier molecular flexibility index (Phi) is 4.32. The van der Waals surface area contributed by atoms with Crippen LogP contribution < -0.4 is 5.73 Å². The molecule has 1 rings (SSSR count). The molecule has 1 aromatic carbocycles. The average Bonchev–Trinajstić information content (AvgIpc) is 2.29. The molecular formula is C11H13NO4. The van der Waals surface area contributed by atoms with Crippen LogP contribution in [0.4, 0.5) is 5.69 Å². The number of ether oxygens (including phenoxy) is 2. The maximum atomic E-state index is 11.5. The van der Waals surface area contributed by atoms with Crippen molar-refractivity contribution < 1.29 is 19.1 Å². The molecule has 16 heavy (non-hydrogen) atoms. The van der Waals surface area contributed by atoms with Gasteiger partial charge in [0.15, 0.2) is 0 Å². The number of carbonyl (C=O) groups excluding carboxylic acids is 2. The number of anilines is 1. The molecule has 0 bridgehead atoms. The molecule has 5 nitrogen and oxygen atoms in total. The van der Waals surface area contributed by atoms with E-state index in [1.807, 2.05) is 0 Å². The first-order chi connectivity index (χ1) is 7.65. The molecule has 86 valence electrons. The molecule has 0 amide bonds. The summed E-state index contributed by atoms with van der Waals surface area (Å²) in [5.74, 6) is -0.962. The Morgan fingerprint density at radius 2 is 2.00 bits per heavy atom. The lowest BCUT2D eigenvalue weighted by Crippen LogP contribution is -2.12. The van der Waals surface area contributed by atoms with Gasteiger partial charge in [0.25, 0.3) is 0 Å². The molecule has 0 aliphatic carbocycles. The van der Waals surface area contributed by atoms with E-state index < -0.39 is 11.9 Å². The Morgan fingerprint density at radius 3 is 2.62 bits per heavy atom. The first kappa shape index (κ1) is 12.0. The van der Waals surface area contributed by atoms with Crippen LogP contribution in [0.15, 0.2) is 24.3 Å². The second-order valence-electron chi connectivity index (χ2n) is 3.05. The van der Waals surface area contributed by atoms with E-state index in [4.69, 9.17) is 10.5 Å². The van der Waals surface area contributed by atoms with E-state index in [9.17, 15) is 9.59 Å². The highest BCUT2D eigenvalue weighted by Gasteiger charge is 2.10. The third kappa shape index (κ3) is 3.27. The normalized spacial score (nSPS) is 9.56. The fourth-order valence-corrected chi connectivity index (χ4v) is 1.09. The smallest absolute Gasteiger partial charge is 0.340 e. The lowest BCUT2D eigenvalue weighted by atomic mass is 10.2. The summed E-state index contributed by atoms with van der Waals surface area (Å²) in [5.41, 5.74) is 6.24. The molecule has 0 aliphatic heterocycles. The zero-order chi connectivity index (χ0) is 12.0. The molecule has 0 saturated heterocycles. The van der Waals surface area contributed by atoms with Gasteiger partial charge in [-0.15, -0.1) is 0 Å². The molecule has 5 heteroatoms. The number of esters is 2. The minimum atomic E-state index is -0.540. The minimum Gasteiger partial charge on any atom is -0.469 e. The molecule has 0 spiro atoms. The highest BCUT2D eigenvalue weighted by atomic mass is 16.5. The van der Waals surface area contributed by atoms with Gasteiger partial charge < -0.3 is 15.2 Å². The van der Waals surface area contributed by atoms with Gasteiger partial charge in [-0.25, -0.2) is 4.79 Å². The number of rotatable bonds is 4. The SMILES string of the molecule is COC(=O)CCOC(=O)c1ccccc1N. The average molecular weight is 223 g/mol. The Morgan fingerprint density at radius 1 is 1.31 bits per heavy atom. The summed E-state index contributed by atoms with van der Waals surface area (Å²) in [6, 6.07) is 6.58. The molecule has 0 fully saturated rings. The van der Waals surface area contributed by atoms with Crippen LogP contribution in [0, 0.1) is 0 Å². The van der Waals surface area contributed by atoms with Gasteiger partial charge in [-0.3, -0.25) is 4.79 Å². The number of nitrogens with two attached hydrogens (primary N) is 1. The first-order valence-corrected chi connectivity index (χ1v) is 4.73. The Hall–Kier alpha value is -2.04. The maximum Gasteiger partial charge on any atom is 0.340 e. The van der Waals surface area contributed by atoms with Crippen molar-refractivity contribution in [2.24, 2.45) is 0 Å². The van der Waals surface area contributed by atoms with E-state index in [-0.39, 0.29) is 13.0 Å². The van der Waals surface area contributed by atoms with Gasteiger partial charge in [-0.05, 0) is 12.1 Å². The van der Waals surface area contributed by atoms with Crippen LogP contribution in [-0.2, 0) is 14.3 Å². The maximum absolute atomic E-state index is 11.5. The largest absolute Gasteiger partial charge is 0.469 e. The van der Waals surface area contributed by atoms with Gasteiger partial charge in [0.1, 0.15) is 6.61 Å². The van der Waals surface area contributed by atoms with Crippen molar-refractivity contribution in [2.45, 2.75) is 6.42 Å². The van der Waals surface area contributed by atoms with Crippen molar-refractivity contribution in [3.63, 3.8) is 0 Å². The summed E-state index contributed by atoms with van der Waals surface area (Å²) in [6.07, 6.45) is 0.0367. The van der Waals surface area contributed by atoms with Crippen LogP contribution in [0.5, 0.6) is 0 Å². The van der Waals surface area contributed by atoms with Crippen molar-refractivity contribution in [3.8, 4) is 0 Å². The fraction of sp³-hybridized carbons (Fsp3) is 0.273. The van der Waals surface area contributed by atoms with E-state index >= 15 is 0 Å². The monoisotopic (exact) mass is 223 g/mol. The molecule has 0 aromatic heterocycles. The summed E-state index contributed by atoms with van der Waals surface area (Å²) in [4.78, 5) is 22.2. The Balaban J connectivity index is 2.47. The van der Waals surface area contributed by atoms with E-state index in [0.717, 1.165) is 0 Å². The van der Waals surface area contributed by atoms with Crippen molar-refractivity contribution >= 4 is 17.6 Å². The number of carbonyl (C=O) groups is 2. The number of benzene rings is 1. The van der Waals surface area contributed by atoms with Gasteiger partial charge in [-0.1, -0.05) is 12.1 Å². The summed E-state index contributed by atoms with van der Waals surface area (Å²) in [6.45, 7) is -0.0140. The van der Waals surface area contributed by atoms with E-state index in [2.05, 4.69) is 4.74 Å². The second-order valence-corrected chi connectivity index (χ2v) is 3.05. The molecular weight excluding hydrogens is 210 g/mol. The molecule has 0 atom stereocenters. The number of nitrogen functional groups attached to an aromatic ring is 1. The zero-order valence-electron chi connectivity index (χ0n) is 8.93. The van der Waals surface area contributed by atoms with Crippen LogP contribution >= 0.6 is 0 Å². The summed E-state index contributed by atoms with van der Waals surface area (Å²) < 4.78 is 9.27. The standard InChI is InChI=1S/C11H13NO4/c1-15-10(13)6-7-16-11(14)8-4-2-3-5-9(8)12/h2-5H,6-7,12H2,1H3. The minimum absolute atomic E-state index is 0.0140. The van der Waals surface area contributed by atoms with Crippen LogP contribution in [0.2, 0.25) is 0 Å². The lowest BCUT2D eigenvalue weighted by molar-refractivity contribution is -0.141. The summed E-state index contributed by atoms with van der Waals surface area (Å²) >= 11 is 0. The van der Waals surface area contributed by atoms with Gasteiger partial charge in [0.05, 0.1) is 19.1 Å². The molecule has 0 aliphatic rings. The Labute approximate surface area is 93.1 Å². The van der Waals surface area contributed by atoms with Gasteiger partial charge in [0.2, 0.25) is 0 Å². The van der Waals surface area contributed by atoms with Gasteiger partial charge in [-0.2, -0.15) is 0 Å².